The van der Waals surface area contributed by atoms with Gasteiger partial charge in [-0.25, -0.2) is 0 Å². The van der Waals surface area contributed by atoms with Crippen LogP contribution in [0.5, 0.6) is 0 Å². The van der Waals surface area contributed by atoms with Crippen LogP contribution in [0.25, 0.3) is 0 Å². The molecule has 0 radical (unpaired) electrons. The molecule has 0 amide bonds. The van der Waals surface area contributed by atoms with Crippen molar-refractivity contribution in [3.8, 4) is 0 Å². The van der Waals surface area contributed by atoms with Crippen molar-refractivity contribution in [2.45, 2.75) is 19.3 Å². The summed E-state index contributed by atoms with van der Waals surface area (Å²) in [6.07, 6.45) is 3.56. The molecule has 0 atom stereocenters. The molecule has 98 valence electrons. The summed E-state index contributed by atoms with van der Waals surface area (Å²) < 4.78 is 5.03. The van der Waals surface area contributed by atoms with Crippen LogP contribution in [-0.4, -0.2) is 31.9 Å². The number of hydrogen-bond donors (Lipinski definition) is 1. The van der Waals surface area contributed by atoms with Gasteiger partial charge in [0.15, 0.2) is 5.11 Å². The first-order valence-electron chi connectivity index (χ1n) is 6.45. The summed E-state index contributed by atoms with van der Waals surface area (Å²) in [7, 11) is 1.70. The van der Waals surface area contributed by atoms with Gasteiger partial charge in [-0.3, -0.25) is 0 Å². The molecule has 0 unspecified atom stereocenters. The van der Waals surface area contributed by atoms with Gasteiger partial charge in [-0.15, -0.1) is 0 Å². The molecule has 3 nitrogen and oxygen atoms in total. The highest BCUT2D eigenvalue weighted by Crippen LogP contribution is 2.25. The lowest BCUT2D eigenvalue weighted by Crippen LogP contribution is -2.41. The summed E-state index contributed by atoms with van der Waals surface area (Å²) in [6, 6.07) is 8.54. The summed E-state index contributed by atoms with van der Waals surface area (Å²) in [4.78, 5) is 2.22. The van der Waals surface area contributed by atoms with Crippen LogP contribution in [0, 0.1) is 0 Å². The van der Waals surface area contributed by atoms with Gasteiger partial charge >= 0.3 is 0 Å². The molecule has 0 saturated heterocycles. The minimum absolute atomic E-state index is 0.676. The van der Waals surface area contributed by atoms with Gasteiger partial charge in [0, 0.05) is 25.9 Å². The van der Waals surface area contributed by atoms with Crippen LogP contribution in [0.15, 0.2) is 24.3 Å². The number of aryl methyl sites for hydroxylation is 1. The Morgan fingerprint density at radius 2 is 2.22 bits per heavy atom. The van der Waals surface area contributed by atoms with Gasteiger partial charge in [0.1, 0.15) is 0 Å². The zero-order valence-corrected chi connectivity index (χ0v) is 11.6. The molecule has 1 heterocycles. The molecule has 0 fully saturated rings. The standard InChI is InChI=1S/C14H20N2OS/c1-17-11-9-15-14(18)16-10-5-4-7-12-6-2-3-8-13(12)16/h2-3,6,8H,4-5,7,9-11H2,1H3,(H,15,18). The fraction of sp³-hybridized carbons (Fsp3) is 0.500. The lowest BCUT2D eigenvalue weighted by atomic mass is 10.1. The Morgan fingerprint density at radius 3 is 3.06 bits per heavy atom. The lowest BCUT2D eigenvalue weighted by Gasteiger charge is -2.26. The number of benzene rings is 1. The molecule has 0 aromatic heterocycles. The van der Waals surface area contributed by atoms with Gasteiger partial charge in [0.05, 0.1) is 6.61 Å². The lowest BCUT2D eigenvalue weighted by molar-refractivity contribution is 0.204. The molecule has 1 aliphatic heterocycles. The van der Waals surface area contributed by atoms with E-state index in [0.717, 1.165) is 24.6 Å². The summed E-state index contributed by atoms with van der Waals surface area (Å²) in [5.74, 6) is 0. The Morgan fingerprint density at radius 1 is 1.39 bits per heavy atom. The van der Waals surface area contributed by atoms with Crippen molar-refractivity contribution in [1.82, 2.24) is 5.32 Å². The molecule has 1 N–H and O–H groups in total. The number of para-hydroxylation sites is 1. The number of fused-ring (bicyclic) bond motifs is 1. The van der Waals surface area contributed by atoms with Gasteiger partial charge in [0.2, 0.25) is 0 Å². The molecule has 0 aliphatic carbocycles. The van der Waals surface area contributed by atoms with Crippen molar-refractivity contribution < 1.29 is 4.74 Å². The smallest absolute Gasteiger partial charge is 0.173 e. The van der Waals surface area contributed by atoms with Gasteiger partial charge in [-0.05, 0) is 43.1 Å². The number of rotatable bonds is 3. The monoisotopic (exact) mass is 264 g/mol. The van der Waals surface area contributed by atoms with E-state index in [1.165, 1.54) is 24.1 Å². The predicted molar refractivity (Wildman–Crippen MR) is 79.2 cm³/mol. The Hall–Kier alpha value is -1.13. The van der Waals surface area contributed by atoms with Crippen molar-refractivity contribution in [2.24, 2.45) is 0 Å². The highest BCUT2D eigenvalue weighted by atomic mass is 32.1. The van der Waals surface area contributed by atoms with Crippen LogP contribution < -0.4 is 10.2 Å². The van der Waals surface area contributed by atoms with Crippen LogP contribution in [0.1, 0.15) is 18.4 Å². The molecule has 0 bridgehead atoms. The molecule has 4 heteroatoms. The van der Waals surface area contributed by atoms with Crippen LogP contribution in [0.4, 0.5) is 5.69 Å². The minimum atomic E-state index is 0.676. The van der Waals surface area contributed by atoms with Crippen molar-refractivity contribution in [1.29, 1.82) is 0 Å². The normalized spacial score (nSPS) is 14.8. The maximum atomic E-state index is 5.48. The zero-order valence-electron chi connectivity index (χ0n) is 10.8. The number of thiocarbonyl (C=S) groups is 1. The van der Waals surface area contributed by atoms with E-state index in [1.54, 1.807) is 7.11 Å². The summed E-state index contributed by atoms with van der Waals surface area (Å²) >= 11 is 5.48. The second kappa shape index (κ2) is 6.71. The molecule has 0 spiro atoms. The second-order valence-corrected chi connectivity index (χ2v) is 4.85. The number of anilines is 1. The third-order valence-electron chi connectivity index (χ3n) is 3.19. The molecule has 1 aromatic carbocycles. The largest absolute Gasteiger partial charge is 0.383 e. The Bertz CT molecular complexity index is 409. The molecule has 1 aliphatic rings. The first kappa shape index (κ1) is 13.3. The molecular formula is C14H20N2OS. The van der Waals surface area contributed by atoms with E-state index >= 15 is 0 Å². The number of hydrogen-bond acceptors (Lipinski definition) is 2. The number of ether oxygens (including phenoxy) is 1. The predicted octanol–water partition coefficient (Wildman–Crippen LogP) is 2.35. The van der Waals surface area contributed by atoms with E-state index in [0.29, 0.717) is 6.61 Å². The fourth-order valence-electron chi connectivity index (χ4n) is 2.26. The van der Waals surface area contributed by atoms with E-state index in [1.807, 2.05) is 0 Å². The zero-order chi connectivity index (χ0) is 12.8. The quantitative estimate of drug-likeness (QED) is 0.669. The summed E-state index contributed by atoms with van der Waals surface area (Å²) in [5, 5.41) is 4.06. The third kappa shape index (κ3) is 3.21. The first-order valence-corrected chi connectivity index (χ1v) is 6.86. The van der Waals surface area contributed by atoms with E-state index in [9.17, 15) is 0 Å². The van der Waals surface area contributed by atoms with Gasteiger partial charge in [-0.2, -0.15) is 0 Å². The van der Waals surface area contributed by atoms with E-state index in [4.69, 9.17) is 17.0 Å². The summed E-state index contributed by atoms with van der Waals surface area (Å²) in [6.45, 7) is 2.43. The highest BCUT2D eigenvalue weighted by Gasteiger charge is 2.17. The van der Waals surface area contributed by atoms with Gasteiger partial charge < -0.3 is 15.0 Å². The average Bonchev–Trinajstić information content (AvgIpc) is 2.61. The SMILES string of the molecule is COCCNC(=S)N1CCCCc2ccccc21. The maximum Gasteiger partial charge on any atom is 0.173 e. The Labute approximate surface area is 114 Å². The third-order valence-corrected chi connectivity index (χ3v) is 3.55. The highest BCUT2D eigenvalue weighted by molar-refractivity contribution is 7.80. The van der Waals surface area contributed by atoms with E-state index in [2.05, 4.69) is 34.5 Å². The number of nitrogens with zero attached hydrogens (tertiary/aromatic N) is 1. The van der Waals surface area contributed by atoms with E-state index < -0.39 is 0 Å². The molecule has 2 rings (SSSR count). The molecule has 0 saturated carbocycles. The summed E-state index contributed by atoms with van der Waals surface area (Å²) in [5.41, 5.74) is 2.65. The van der Waals surface area contributed by atoms with Crippen molar-refractivity contribution in [2.75, 3.05) is 31.7 Å². The van der Waals surface area contributed by atoms with E-state index in [-0.39, 0.29) is 0 Å². The van der Waals surface area contributed by atoms with Crippen molar-refractivity contribution in [3.05, 3.63) is 29.8 Å². The van der Waals surface area contributed by atoms with Crippen LogP contribution >= 0.6 is 12.2 Å². The average molecular weight is 264 g/mol. The Kier molecular flexibility index (Phi) is 4.96. The van der Waals surface area contributed by atoms with Gasteiger partial charge in [-0.1, -0.05) is 18.2 Å². The molecule has 1 aromatic rings. The number of nitrogens with one attached hydrogen (secondary N) is 1. The van der Waals surface area contributed by atoms with Crippen molar-refractivity contribution in [3.63, 3.8) is 0 Å². The minimum Gasteiger partial charge on any atom is -0.383 e. The van der Waals surface area contributed by atoms with Crippen LogP contribution in [-0.2, 0) is 11.2 Å². The number of methoxy groups -OCH3 is 1. The fourth-order valence-corrected chi connectivity index (χ4v) is 2.55. The van der Waals surface area contributed by atoms with Crippen molar-refractivity contribution >= 4 is 23.0 Å². The maximum absolute atomic E-state index is 5.48. The van der Waals surface area contributed by atoms with Gasteiger partial charge in [0.25, 0.3) is 0 Å². The molecule has 18 heavy (non-hydrogen) atoms. The Balaban J connectivity index is 2.09. The first-order chi connectivity index (χ1) is 8.83. The second-order valence-electron chi connectivity index (χ2n) is 4.46. The topological polar surface area (TPSA) is 24.5 Å². The van der Waals surface area contributed by atoms with Crippen LogP contribution in [0.2, 0.25) is 0 Å². The molecular weight excluding hydrogens is 244 g/mol. The van der Waals surface area contributed by atoms with Crippen LogP contribution in [0.3, 0.4) is 0 Å².